The monoisotopic (exact) mass is 507 g/mol. The molecule has 2 aliphatic heterocycles. The fourth-order valence-electron chi connectivity index (χ4n) is 3.30. The van der Waals surface area contributed by atoms with Gasteiger partial charge in [0.05, 0.1) is 6.54 Å². The molecule has 180 valence electrons. The van der Waals surface area contributed by atoms with Crippen LogP contribution in [0.3, 0.4) is 0 Å². The van der Waals surface area contributed by atoms with Crippen molar-refractivity contribution in [3.05, 3.63) is 29.8 Å². The van der Waals surface area contributed by atoms with Crippen LogP contribution >= 0.6 is 0 Å². The average molecular weight is 507 g/mol. The third-order valence-electron chi connectivity index (χ3n) is 5.18. The number of nitrogens with one attached hydrogen (secondary N) is 2. The van der Waals surface area contributed by atoms with Gasteiger partial charge in [-0.2, -0.15) is 8.42 Å². The normalized spacial score (nSPS) is 19.2. The number of aromatic hydroxyl groups is 1. The molecule has 0 aliphatic carbocycles. The van der Waals surface area contributed by atoms with Gasteiger partial charge in [-0.25, -0.2) is 9.10 Å². The van der Waals surface area contributed by atoms with E-state index in [1.807, 2.05) is 0 Å². The molecule has 2 aliphatic rings. The van der Waals surface area contributed by atoms with E-state index in [0.717, 1.165) is 0 Å². The zero-order valence-electron chi connectivity index (χ0n) is 19.3. The molecule has 2 fully saturated rings. The maximum atomic E-state index is 12.8. The molecule has 6 amide bonds. The second-order valence-electron chi connectivity index (χ2n) is 7.22. The van der Waals surface area contributed by atoms with Crippen LogP contribution in [-0.2, 0) is 29.5 Å². The molecular weight excluding hydrogens is 485 g/mol. The van der Waals surface area contributed by atoms with Crippen molar-refractivity contribution in [2.24, 2.45) is 0 Å². The molecule has 0 saturated carbocycles. The van der Waals surface area contributed by atoms with Gasteiger partial charge in [0.15, 0.2) is 0 Å². The number of amides is 6. The number of nitrogens with zero attached hydrogens (tertiary/aromatic N) is 3. The summed E-state index contributed by atoms with van der Waals surface area (Å²) in [5.41, 5.74) is 0.169. The number of piperazine rings is 1. The van der Waals surface area contributed by atoms with E-state index in [1.165, 1.54) is 29.2 Å². The number of β-lactam (4-membered cyclic amide) rings is 1. The topological polar surface area (TPSA) is 194 Å². The van der Waals surface area contributed by atoms with Crippen molar-refractivity contribution in [1.29, 1.82) is 0 Å². The van der Waals surface area contributed by atoms with Gasteiger partial charge in [0.2, 0.25) is 5.91 Å². The van der Waals surface area contributed by atoms with Crippen molar-refractivity contribution in [1.82, 2.24) is 24.7 Å². The van der Waals surface area contributed by atoms with Crippen LogP contribution in [0.5, 0.6) is 5.75 Å². The molecule has 2 atom stereocenters. The first-order chi connectivity index (χ1) is 15.4. The fraction of sp³-hybridized carbons (Fsp3) is 0.389. The van der Waals surface area contributed by atoms with Crippen molar-refractivity contribution in [2.45, 2.75) is 19.0 Å². The molecule has 4 N–H and O–H groups in total. The Balaban J connectivity index is 0.00000306. The van der Waals surface area contributed by atoms with Gasteiger partial charge < -0.3 is 22.1 Å². The van der Waals surface area contributed by atoms with Crippen LogP contribution < -0.4 is 40.2 Å². The number of carbonyl (C=O) groups excluding carboxylic acids is 5. The molecule has 2 saturated heterocycles. The smallest absolute Gasteiger partial charge is 1.00 e. The van der Waals surface area contributed by atoms with Crippen molar-refractivity contribution < 1.29 is 73.0 Å². The van der Waals surface area contributed by atoms with Crippen LogP contribution in [0.1, 0.15) is 20.0 Å². The number of phenolic OH excluding ortho intramolecular Hbond substituents is 1. The van der Waals surface area contributed by atoms with E-state index in [9.17, 15) is 37.5 Å². The summed E-state index contributed by atoms with van der Waals surface area (Å²) in [4.78, 5) is 63.8. The molecule has 1 aromatic carbocycles. The summed E-state index contributed by atoms with van der Waals surface area (Å²) in [7, 11) is -4.76. The minimum absolute atomic E-state index is 0. The van der Waals surface area contributed by atoms with Gasteiger partial charge in [-0.3, -0.25) is 28.6 Å². The average Bonchev–Trinajstić information content (AvgIpc) is 2.75. The van der Waals surface area contributed by atoms with E-state index < -0.39 is 58.6 Å². The zero-order valence-corrected chi connectivity index (χ0v) is 21.1. The Morgan fingerprint density at radius 2 is 1.76 bits per heavy atom. The Morgan fingerprint density at radius 1 is 1.15 bits per heavy atom. The van der Waals surface area contributed by atoms with E-state index in [-0.39, 0.29) is 66.2 Å². The molecule has 14 nitrogen and oxygen atoms in total. The molecule has 1 aromatic rings. The summed E-state index contributed by atoms with van der Waals surface area (Å²) in [5.74, 6) is -4.05. The number of urea groups is 1. The van der Waals surface area contributed by atoms with Gasteiger partial charge in [0.25, 0.3) is 5.91 Å². The number of rotatable bonds is 6. The molecule has 3 rings (SSSR count). The predicted molar refractivity (Wildman–Crippen MR) is 110 cm³/mol. The van der Waals surface area contributed by atoms with E-state index in [1.54, 1.807) is 6.92 Å². The number of likely N-dealkylation sites (N-methyl/N-ethyl adjacent to an activating group) is 1. The summed E-state index contributed by atoms with van der Waals surface area (Å²) in [6.45, 7) is 1.47. The van der Waals surface area contributed by atoms with Crippen LogP contribution in [0.25, 0.3) is 0 Å². The molecule has 0 radical (unpaired) electrons. The van der Waals surface area contributed by atoms with E-state index in [0.29, 0.717) is 4.90 Å². The number of benzene rings is 1. The van der Waals surface area contributed by atoms with Crippen LogP contribution in [-0.4, -0.2) is 94.1 Å². The van der Waals surface area contributed by atoms with Crippen molar-refractivity contribution in [3.8, 4) is 5.75 Å². The van der Waals surface area contributed by atoms with Crippen LogP contribution in [0.15, 0.2) is 24.3 Å². The number of hydrogen-bond acceptors (Lipinski definition) is 8. The number of carbonyl (C=O) groups is 5. The molecule has 0 spiro atoms. The van der Waals surface area contributed by atoms with Gasteiger partial charge in [-0.1, -0.05) is 12.1 Å². The maximum Gasteiger partial charge on any atom is 1.00 e. The molecule has 16 heteroatoms. The third kappa shape index (κ3) is 5.67. The Hall–Kier alpha value is -2.72. The number of hydrogen-bond donors (Lipinski definition) is 4. The van der Waals surface area contributed by atoms with E-state index in [4.69, 9.17) is 4.55 Å². The standard InChI is InChI=1S/C18H21N5O9S.Na.H/c1-2-21-7-8-22(17(28)16(21)27)18(29)20-13(10-3-5-11(24)6-4-10)14(25)19-12-9-23(15(12)26)33(30,31)32;;/h3-6,12-13,24H,2,7-9H2,1H3,(H,19,25)(H,20,29)(H,30,31,32);;/q;+1;-1. The SMILES string of the molecule is CCN1CCN(C(=O)NC(C(=O)NC2CN(S(=O)(=O)O)C2=O)c2ccc(O)cc2)C(=O)C1=O.[H-].[Na+]. The van der Waals surface area contributed by atoms with Gasteiger partial charge >= 0.3 is 57.7 Å². The molecular formula is C18H22N5NaO9S. The predicted octanol–water partition coefficient (Wildman–Crippen LogP) is -4.92. The van der Waals surface area contributed by atoms with Gasteiger partial charge in [0.1, 0.15) is 17.8 Å². The van der Waals surface area contributed by atoms with Crippen LogP contribution in [0.4, 0.5) is 4.79 Å². The zero-order chi connectivity index (χ0) is 24.5. The Morgan fingerprint density at radius 3 is 2.29 bits per heavy atom. The third-order valence-corrected chi connectivity index (χ3v) is 6.07. The van der Waals surface area contributed by atoms with Gasteiger partial charge in [-0.05, 0) is 24.6 Å². The Labute approximate surface area is 217 Å². The number of imide groups is 1. The molecule has 2 heterocycles. The van der Waals surface area contributed by atoms with Crippen molar-refractivity contribution in [3.63, 3.8) is 0 Å². The largest absolute Gasteiger partial charge is 1.00 e. The van der Waals surface area contributed by atoms with Crippen LogP contribution in [0.2, 0.25) is 0 Å². The minimum atomic E-state index is -4.76. The van der Waals surface area contributed by atoms with E-state index in [2.05, 4.69) is 10.6 Å². The molecule has 0 bridgehead atoms. The quantitative estimate of drug-likeness (QED) is 0.126. The first kappa shape index (κ1) is 27.5. The van der Waals surface area contributed by atoms with Crippen molar-refractivity contribution in [2.75, 3.05) is 26.2 Å². The summed E-state index contributed by atoms with van der Waals surface area (Å²) >= 11 is 0. The second kappa shape index (κ2) is 10.7. The summed E-state index contributed by atoms with van der Waals surface area (Å²) in [6, 6.07) is 1.35. The first-order valence-electron chi connectivity index (χ1n) is 9.73. The fourth-order valence-corrected chi connectivity index (χ4v) is 4.00. The molecule has 34 heavy (non-hydrogen) atoms. The molecule has 2 unspecified atom stereocenters. The summed E-state index contributed by atoms with van der Waals surface area (Å²) in [6.07, 6.45) is 0. The summed E-state index contributed by atoms with van der Waals surface area (Å²) in [5, 5.41) is 14.1. The van der Waals surface area contributed by atoms with E-state index >= 15 is 0 Å². The Kier molecular flexibility index (Phi) is 8.65. The van der Waals surface area contributed by atoms with Gasteiger partial charge in [0, 0.05) is 19.6 Å². The van der Waals surface area contributed by atoms with Gasteiger partial charge in [-0.15, -0.1) is 0 Å². The molecule has 0 aromatic heterocycles. The van der Waals surface area contributed by atoms with Crippen molar-refractivity contribution >= 4 is 40.0 Å². The second-order valence-corrected chi connectivity index (χ2v) is 8.56. The Bertz CT molecular complexity index is 1120. The first-order valence-corrected chi connectivity index (χ1v) is 11.1. The summed E-state index contributed by atoms with van der Waals surface area (Å²) < 4.78 is 31.2. The number of phenols is 1. The maximum absolute atomic E-state index is 12.8. The van der Waals surface area contributed by atoms with Crippen LogP contribution in [0, 0.1) is 0 Å². The minimum Gasteiger partial charge on any atom is -1.00 e.